The molecular formula is C28H27N3O4. The van der Waals surface area contributed by atoms with Crippen LogP contribution in [0.1, 0.15) is 61.0 Å². The molecule has 7 heteroatoms. The molecule has 1 saturated heterocycles. The third kappa shape index (κ3) is 4.41. The number of rotatable bonds is 6. The number of ketones is 1. The summed E-state index contributed by atoms with van der Waals surface area (Å²) in [5.74, 6) is -0.437. The molecule has 0 bridgehead atoms. The van der Waals surface area contributed by atoms with Crippen LogP contribution in [0.15, 0.2) is 66.2 Å². The molecule has 178 valence electrons. The van der Waals surface area contributed by atoms with Crippen molar-refractivity contribution >= 4 is 23.3 Å². The zero-order valence-corrected chi connectivity index (χ0v) is 19.9. The predicted octanol–water partition coefficient (Wildman–Crippen LogP) is 5.08. The lowest BCUT2D eigenvalue weighted by atomic mass is 9.94. The topological polar surface area (TPSA) is 92.6 Å². The van der Waals surface area contributed by atoms with Gasteiger partial charge >= 0.3 is 5.91 Å². The van der Waals surface area contributed by atoms with Crippen molar-refractivity contribution < 1.29 is 19.4 Å². The summed E-state index contributed by atoms with van der Waals surface area (Å²) in [4.78, 5) is 27.8. The normalized spacial score (nSPS) is 19.4. The number of hydrogen-bond acceptors (Lipinski definition) is 6. The number of hydrogen-bond donors (Lipinski definition) is 1. The number of carbonyl (C=O) groups is 2. The van der Waals surface area contributed by atoms with Crippen LogP contribution < -0.4 is 9.64 Å². The Balaban J connectivity index is 1.62. The first kappa shape index (κ1) is 22.8. The first-order valence-corrected chi connectivity index (χ1v) is 11.8. The molecule has 1 amide bonds. The summed E-state index contributed by atoms with van der Waals surface area (Å²) in [6, 6.07) is 17.2. The van der Waals surface area contributed by atoms with Crippen molar-refractivity contribution in [3.8, 4) is 5.75 Å². The van der Waals surface area contributed by atoms with Crippen molar-refractivity contribution in [2.75, 3.05) is 4.90 Å². The second-order valence-corrected chi connectivity index (χ2v) is 9.36. The molecule has 1 atom stereocenters. The lowest BCUT2D eigenvalue weighted by Crippen LogP contribution is -2.30. The van der Waals surface area contributed by atoms with Gasteiger partial charge < -0.3 is 9.84 Å². The fourth-order valence-electron chi connectivity index (χ4n) is 4.19. The fraction of sp³-hybridized carbons (Fsp3) is 0.286. The number of benzene rings is 2. The van der Waals surface area contributed by atoms with E-state index in [4.69, 9.17) is 4.74 Å². The van der Waals surface area contributed by atoms with Crippen LogP contribution in [0.4, 0.5) is 5.82 Å². The fourth-order valence-corrected chi connectivity index (χ4v) is 4.19. The molecule has 7 nitrogen and oxygen atoms in total. The van der Waals surface area contributed by atoms with Gasteiger partial charge in [-0.15, -0.1) is 5.10 Å². The van der Waals surface area contributed by atoms with Gasteiger partial charge in [0.15, 0.2) is 5.82 Å². The van der Waals surface area contributed by atoms with Crippen LogP contribution >= 0.6 is 0 Å². The number of anilines is 1. The minimum atomic E-state index is -0.855. The van der Waals surface area contributed by atoms with Crippen LogP contribution in [-0.4, -0.2) is 33.1 Å². The molecule has 2 heterocycles. The molecule has 5 rings (SSSR count). The van der Waals surface area contributed by atoms with Gasteiger partial charge in [-0.2, -0.15) is 5.10 Å². The number of aryl methyl sites for hydroxylation is 1. The highest BCUT2D eigenvalue weighted by molar-refractivity contribution is 6.51. The van der Waals surface area contributed by atoms with Gasteiger partial charge in [0.25, 0.3) is 5.78 Å². The molecule has 2 aliphatic rings. The number of ether oxygens (including phenoxy) is 1. The third-order valence-electron chi connectivity index (χ3n) is 6.35. The lowest BCUT2D eigenvalue weighted by Gasteiger charge is -2.24. The Labute approximate surface area is 204 Å². The summed E-state index contributed by atoms with van der Waals surface area (Å²) in [6.45, 7) is 5.96. The molecule has 35 heavy (non-hydrogen) atoms. The number of carbonyl (C=O) groups excluding carboxylic acids is 2. The molecule has 3 aromatic rings. The molecule has 2 aromatic carbocycles. The van der Waals surface area contributed by atoms with E-state index in [0.717, 1.165) is 24.2 Å². The van der Waals surface area contributed by atoms with E-state index in [1.165, 1.54) is 4.90 Å². The third-order valence-corrected chi connectivity index (χ3v) is 6.35. The van der Waals surface area contributed by atoms with Crippen LogP contribution in [0, 0.1) is 6.92 Å². The standard InChI is InChI=1S/C28H27N3O4/c1-16(2)18-5-7-20(8-6-18)26(32)24-25(19-9-11-21(12-10-19)35-22-13-14-22)31(28(34)27(24)33)23-15-4-17(3)29-30-23/h4-12,15-16,22,25,32H,13-14H2,1-3H3/b26-24-. The maximum atomic E-state index is 13.3. The average molecular weight is 470 g/mol. The Morgan fingerprint density at radius 2 is 1.66 bits per heavy atom. The van der Waals surface area contributed by atoms with Crippen LogP contribution in [0.2, 0.25) is 0 Å². The van der Waals surface area contributed by atoms with E-state index < -0.39 is 17.7 Å². The SMILES string of the molecule is Cc1ccc(N2C(=O)C(=O)/C(=C(\O)c3ccc(C(C)C)cc3)C2c2ccc(OC3CC3)cc2)nn1. The van der Waals surface area contributed by atoms with Gasteiger partial charge in [-0.3, -0.25) is 14.5 Å². The van der Waals surface area contributed by atoms with E-state index in [1.54, 1.807) is 31.2 Å². The van der Waals surface area contributed by atoms with E-state index in [2.05, 4.69) is 24.0 Å². The van der Waals surface area contributed by atoms with Crippen LogP contribution in [0.5, 0.6) is 5.75 Å². The van der Waals surface area contributed by atoms with Gasteiger partial charge in [0.1, 0.15) is 11.5 Å². The van der Waals surface area contributed by atoms with E-state index in [1.807, 2.05) is 36.4 Å². The summed E-state index contributed by atoms with van der Waals surface area (Å²) in [5.41, 5.74) is 2.95. The van der Waals surface area contributed by atoms with E-state index >= 15 is 0 Å². The summed E-state index contributed by atoms with van der Waals surface area (Å²) < 4.78 is 5.85. The molecular weight excluding hydrogens is 442 g/mol. The van der Waals surface area contributed by atoms with Crippen molar-refractivity contribution in [3.63, 3.8) is 0 Å². The number of amides is 1. The molecule has 1 aliphatic heterocycles. The average Bonchev–Trinajstić information content (AvgIpc) is 3.64. The van der Waals surface area contributed by atoms with E-state index in [0.29, 0.717) is 22.7 Å². The highest BCUT2D eigenvalue weighted by atomic mass is 16.5. The maximum absolute atomic E-state index is 13.3. The zero-order valence-electron chi connectivity index (χ0n) is 19.9. The summed E-state index contributed by atoms with van der Waals surface area (Å²) >= 11 is 0. The molecule has 1 unspecified atom stereocenters. The predicted molar refractivity (Wildman–Crippen MR) is 132 cm³/mol. The molecule has 2 fully saturated rings. The van der Waals surface area contributed by atoms with Gasteiger partial charge in [-0.25, -0.2) is 0 Å². The Hall–Kier alpha value is -4.00. The lowest BCUT2D eigenvalue weighted by molar-refractivity contribution is -0.132. The summed E-state index contributed by atoms with van der Waals surface area (Å²) in [7, 11) is 0. The van der Waals surface area contributed by atoms with Crippen molar-refractivity contribution in [1.82, 2.24) is 10.2 Å². The zero-order chi connectivity index (χ0) is 24.7. The Bertz CT molecular complexity index is 1290. The minimum absolute atomic E-state index is 0.0190. The number of aromatic nitrogens is 2. The van der Waals surface area contributed by atoms with Crippen molar-refractivity contribution in [2.24, 2.45) is 0 Å². The molecule has 1 N–H and O–H groups in total. The van der Waals surface area contributed by atoms with Crippen molar-refractivity contribution in [3.05, 3.63) is 88.6 Å². The first-order chi connectivity index (χ1) is 16.8. The molecule has 1 aliphatic carbocycles. The second-order valence-electron chi connectivity index (χ2n) is 9.36. The monoisotopic (exact) mass is 469 g/mol. The molecule has 0 spiro atoms. The molecule has 0 radical (unpaired) electrons. The summed E-state index contributed by atoms with van der Waals surface area (Å²) in [5, 5.41) is 19.5. The van der Waals surface area contributed by atoms with Crippen molar-refractivity contribution in [2.45, 2.75) is 51.7 Å². The van der Waals surface area contributed by atoms with Crippen molar-refractivity contribution in [1.29, 1.82) is 0 Å². The number of aliphatic hydroxyl groups is 1. The number of aliphatic hydroxyl groups excluding tert-OH is 1. The van der Waals surface area contributed by atoms with E-state index in [9.17, 15) is 14.7 Å². The second kappa shape index (κ2) is 8.98. The van der Waals surface area contributed by atoms with Gasteiger partial charge in [-0.1, -0.05) is 50.2 Å². The highest BCUT2D eigenvalue weighted by Crippen LogP contribution is 2.42. The minimum Gasteiger partial charge on any atom is -0.507 e. The highest BCUT2D eigenvalue weighted by Gasteiger charge is 2.47. The number of nitrogens with zero attached hydrogens (tertiary/aromatic N) is 3. The quantitative estimate of drug-likeness (QED) is 0.308. The largest absolute Gasteiger partial charge is 0.507 e. The van der Waals surface area contributed by atoms with Gasteiger partial charge in [0.05, 0.1) is 23.4 Å². The molecule has 1 saturated carbocycles. The maximum Gasteiger partial charge on any atom is 0.301 e. The number of Topliss-reactive ketones (excluding diaryl/α,β-unsaturated/α-hetero) is 1. The summed E-state index contributed by atoms with van der Waals surface area (Å²) in [6.07, 6.45) is 2.34. The smallest absolute Gasteiger partial charge is 0.301 e. The Kier molecular flexibility index (Phi) is 5.84. The van der Waals surface area contributed by atoms with Gasteiger partial charge in [0, 0.05) is 5.56 Å². The van der Waals surface area contributed by atoms with Crippen LogP contribution in [-0.2, 0) is 9.59 Å². The first-order valence-electron chi connectivity index (χ1n) is 11.8. The van der Waals surface area contributed by atoms with E-state index in [-0.39, 0.29) is 23.3 Å². The van der Waals surface area contributed by atoms with Crippen LogP contribution in [0.25, 0.3) is 5.76 Å². The Morgan fingerprint density at radius 3 is 2.23 bits per heavy atom. The Morgan fingerprint density at radius 1 is 0.971 bits per heavy atom. The van der Waals surface area contributed by atoms with Crippen LogP contribution in [0.3, 0.4) is 0 Å². The van der Waals surface area contributed by atoms with Gasteiger partial charge in [-0.05, 0) is 61.1 Å². The molecule has 1 aromatic heterocycles. The van der Waals surface area contributed by atoms with Gasteiger partial charge in [0.2, 0.25) is 0 Å².